The van der Waals surface area contributed by atoms with E-state index in [1.54, 1.807) is 0 Å². The molecule has 0 unspecified atom stereocenters. The van der Waals surface area contributed by atoms with Gasteiger partial charge < -0.3 is 10.2 Å². The van der Waals surface area contributed by atoms with Crippen LogP contribution in [0.3, 0.4) is 0 Å². The molecule has 0 bridgehead atoms. The lowest BCUT2D eigenvalue weighted by atomic mass is 9.85. The van der Waals surface area contributed by atoms with Crippen LogP contribution in [0.25, 0.3) is 0 Å². The van der Waals surface area contributed by atoms with Crippen molar-refractivity contribution in [3.8, 4) is 0 Å². The monoisotopic (exact) mass is 355 g/mol. The molecule has 0 amide bonds. The summed E-state index contributed by atoms with van der Waals surface area (Å²) in [6.45, 7) is 6.05. The lowest BCUT2D eigenvalue weighted by Gasteiger charge is -2.41. The van der Waals surface area contributed by atoms with Gasteiger partial charge >= 0.3 is 0 Å². The van der Waals surface area contributed by atoms with Crippen LogP contribution in [0.1, 0.15) is 37.3 Å². The molecule has 6 heteroatoms. The van der Waals surface area contributed by atoms with Crippen LogP contribution in [-0.4, -0.2) is 66.4 Å². The SMILES string of the molecule is CN(CC1CCNCC1)C[C@@H]1CCCN(C)[C@H]1c1cnn(C)c1.Cl. The third-order valence-corrected chi connectivity index (χ3v) is 5.65. The van der Waals surface area contributed by atoms with Crippen molar-refractivity contribution >= 4 is 12.4 Å². The average Bonchev–Trinajstić information content (AvgIpc) is 2.94. The number of hydrogen-bond donors (Lipinski definition) is 1. The van der Waals surface area contributed by atoms with Crippen LogP contribution in [-0.2, 0) is 7.05 Å². The average molecular weight is 356 g/mol. The van der Waals surface area contributed by atoms with E-state index in [-0.39, 0.29) is 12.4 Å². The quantitative estimate of drug-likeness (QED) is 0.878. The van der Waals surface area contributed by atoms with Gasteiger partial charge in [-0.3, -0.25) is 9.58 Å². The van der Waals surface area contributed by atoms with Crippen molar-refractivity contribution in [1.82, 2.24) is 24.9 Å². The van der Waals surface area contributed by atoms with Gasteiger partial charge in [-0.1, -0.05) is 0 Å². The van der Waals surface area contributed by atoms with Gasteiger partial charge in [0.1, 0.15) is 0 Å². The fraction of sp³-hybridized carbons (Fsp3) is 0.833. The molecule has 24 heavy (non-hydrogen) atoms. The molecule has 1 aromatic heterocycles. The Morgan fingerprint density at radius 1 is 1.21 bits per heavy atom. The number of aryl methyl sites for hydroxylation is 1. The molecule has 3 rings (SSSR count). The van der Waals surface area contributed by atoms with E-state index in [0.29, 0.717) is 12.0 Å². The molecule has 2 fully saturated rings. The van der Waals surface area contributed by atoms with Gasteiger partial charge in [-0.15, -0.1) is 12.4 Å². The zero-order chi connectivity index (χ0) is 16.2. The van der Waals surface area contributed by atoms with Crippen molar-refractivity contribution in [2.75, 3.05) is 46.8 Å². The van der Waals surface area contributed by atoms with E-state index in [4.69, 9.17) is 0 Å². The summed E-state index contributed by atoms with van der Waals surface area (Å²) in [6, 6.07) is 0.521. The van der Waals surface area contributed by atoms with Gasteiger partial charge in [0, 0.05) is 37.9 Å². The minimum atomic E-state index is 0. The minimum absolute atomic E-state index is 0. The van der Waals surface area contributed by atoms with Gasteiger partial charge in [-0.2, -0.15) is 5.10 Å². The van der Waals surface area contributed by atoms with E-state index < -0.39 is 0 Å². The lowest BCUT2D eigenvalue weighted by molar-refractivity contribution is 0.0879. The fourth-order valence-electron chi connectivity index (χ4n) is 4.55. The molecule has 1 aromatic rings. The standard InChI is InChI=1S/C18H33N5.ClH/c1-21(12-15-6-8-19-9-7-15)13-16-5-4-10-22(2)18(16)17-11-20-23(3)14-17;/h11,14-16,18-19H,4-10,12-13H2,1-3H3;1H/t16-,18+;/m0./s1. The van der Waals surface area contributed by atoms with Gasteiger partial charge in [-0.25, -0.2) is 0 Å². The Labute approximate surface area is 153 Å². The van der Waals surface area contributed by atoms with Crippen molar-refractivity contribution < 1.29 is 0 Å². The number of likely N-dealkylation sites (tertiary alicyclic amines) is 1. The van der Waals surface area contributed by atoms with E-state index >= 15 is 0 Å². The zero-order valence-corrected chi connectivity index (χ0v) is 16.3. The molecular weight excluding hydrogens is 322 g/mol. The summed E-state index contributed by atoms with van der Waals surface area (Å²) in [6.07, 6.45) is 9.58. The summed E-state index contributed by atoms with van der Waals surface area (Å²) >= 11 is 0. The maximum atomic E-state index is 4.40. The normalized spacial score (nSPS) is 26.5. The zero-order valence-electron chi connectivity index (χ0n) is 15.4. The molecule has 0 saturated carbocycles. The molecule has 5 nitrogen and oxygen atoms in total. The first-order chi connectivity index (χ1) is 11.1. The van der Waals surface area contributed by atoms with Crippen LogP contribution in [0.4, 0.5) is 0 Å². The number of rotatable bonds is 5. The maximum absolute atomic E-state index is 4.40. The van der Waals surface area contributed by atoms with E-state index in [0.717, 1.165) is 5.92 Å². The van der Waals surface area contributed by atoms with Gasteiger partial charge in [0.15, 0.2) is 0 Å². The first-order valence-electron chi connectivity index (χ1n) is 9.21. The minimum Gasteiger partial charge on any atom is -0.317 e. The fourth-order valence-corrected chi connectivity index (χ4v) is 4.55. The van der Waals surface area contributed by atoms with Gasteiger partial charge in [0.25, 0.3) is 0 Å². The Balaban J connectivity index is 0.00000208. The first-order valence-corrected chi connectivity index (χ1v) is 9.21. The second-order valence-corrected chi connectivity index (χ2v) is 7.69. The number of nitrogens with one attached hydrogen (secondary N) is 1. The second-order valence-electron chi connectivity index (χ2n) is 7.69. The topological polar surface area (TPSA) is 36.3 Å². The molecule has 138 valence electrons. The largest absolute Gasteiger partial charge is 0.317 e. The number of piperidine rings is 2. The lowest BCUT2D eigenvalue weighted by Crippen LogP contribution is -2.42. The summed E-state index contributed by atoms with van der Waals surface area (Å²) in [5.41, 5.74) is 1.38. The molecule has 2 aliphatic heterocycles. The van der Waals surface area contributed by atoms with Gasteiger partial charge in [0.05, 0.1) is 6.20 Å². The highest BCUT2D eigenvalue weighted by Gasteiger charge is 2.32. The second kappa shape index (κ2) is 9.18. The molecule has 1 N–H and O–H groups in total. The Morgan fingerprint density at radius 2 is 1.96 bits per heavy atom. The molecule has 2 saturated heterocycles. The third kappa shape index (κ3) is 4.94. The molecule has 2 atom stereocenters. The predicted molar refractivity (Wildman–Crippen MR) is 102 cm³/mol. The first kappa shape index (κ1) is 19.7. The Hall–Kier alpha value is -0.620. The van der Waals surface area contributed by atoms with E-state index in [9.17, 15) is 0 Å². The van der Waals surface area contributed by atoms with Gasteiger partial charge in [0.2, 0.25) is 0 Å². The molecule has 0 aromatic carbocycles. The van der Waals surface area contributed by atoms with Crippen LogP contribution in [0.15, 0.2) is 12.4 Å². The summed E-state index contributed by atoms with van der Waals surface area (Å²) in [5.74, 6) is 1.59. The molecule has 0 spiro atoms. The number of nitrogens with zero attached hydrogens (tertiary/aromatic N) is 4. The summed E-state index contributed by atoms with van der Waals surface area (Å²) in [4.78, 5) is 5.12. The molecule has 0 radical (unpaired) electrons. The predicted octanol–water partition coefficient (Wildman–Crippen LogP) is 2.16. The summed E-state index contributed by atoms with van der Waals surface area (Å²) in [7, 11) is 6.61. The van der Waals surface area contributed by atoms with Crippen LogP contribution in [0, 0.1) is 11.8 Å². The smallest absolute Gasteiger partial charge is 0.0537 e. The summed E-state index contributed by atoms with van der Waals surface area (Å²) < 4.78 is 1.94. The number of halogens is 1. The Kier molecular flexibility index (Phi) is 7.54. The van der Waals surface area contributed by atoms with Crippen LogP contribution >= 0.6 is 12.4 Å². The van der Waals surface area contributed by atoms with E-state index in [1.165, 1.54) is 64.0 Å². The van der Waals surface area contributed by atoms with Crippen molar-refractivity contribution in [2.45, 2.75) is 31.7 Å². The van der Waals surface area contributed by atoms with Crippen LogP contribution < -0.4 is 5.32 Å². The summed E-state index contributed by atoms with van der Waals surface area (Å²) in [5, 5.41) is 7.87. The maximum Gasteiger partial charge on any atom is 0.0537 e. The van der Waals surface area contributed by atoms with Crippen molar-refractivity contribution in [2.24, 2.45) is 18.9 Å². The number of hydrogen-bond acceptors (Lipinski definition) is 4. The van der Waals surface area contributed by atoms with Crippen LogP contribution in [0.2, 0.25) is 0 Å². The van der Waals surface area contributed by atoms with E-state index in [1.807, 2.05) is 11.7 Å². The van der Waals surface area contributed by atoms with Crippen molar-refractivity contribution in [3.05, 3.63) is 18.0 Å². The van der Waals surface area contributed by atoms with Crippen LogP contribution in [0.5, 0.6) is 0 Å². The van der Waals surface area contributed by atoms with E-state index in [2.05, 4.69) is 46.7 Å². The molecule has 3 heterocycles. The Morgan fingerprint density at radius 3 is 2.62 bits per heavy atom. The molecular formula is C18H34ClN5. The molecule has 0 aliphatic carbocycles. The highest BCUT2D eigenvalue weighted by Crippen LogP contribution is 2.35. The third-order valence-electron chi connectivity index (χ3n) is 5.65. The van der Waals surface area contributed by atoms with Crippen molar-refractivity contribution in [3.63, 3.8) is 0 Å². The highest BCUT2D eigenvalue weighted by atomic mass is 35.5. The van der Waals surface area contributed by atoms with Gasteiger partial charge in [-0.05, 0) is 71.2 Å². The highest BCUT2D eigenvalue weighted by molar-refractivity contribution is 5.85. The van der Waals surface area contributed by atoms with Crippen molar-refractivity contribution in [1.29, 1.82) is 0 Å². The Bertz CT molecular complexity index is 486. The molecule has 2 aliphatic rings. The number of aromatic nitrogens is 2.